The van der Waals surface area contributed by atoms with Crippen molar-refractivity contribution < 1.29 is 17.9 Å². The van der Waals surface area contributed by atoms with E-state index in [1.165, 1.54) is 11.3 Å². The van der Waals surface area contributed by atoms with Crippen molar-refractivity contribution in [3.63, 3.8) is 0 Å². The number of aromatic nitrogens is 1. The molecule has 10 heteroatoms. The average Bonchev–Trinajstić information content (AvgIpc) is 3.08. The van der Waals surface area contributed by atoms with Gasteiger partial charge in [-0.2, -0.15) is 0 Å². The van der Waals surface area contributed by atoms with Crippen LogP contribution in [0.3, 0.4) is 0 Å². The third-order valence-electron chi connectivity index (χ3n) is 4.27. The van der Waals surface area contributed by atoms with E-state index in [1.54, 1.807) is 5.38 Å². The molecule has 1 aliphatic heterocycles. The van der Waals surface area contributed by atoms with Crippen molar-refractivity contribution in [1.82, 2.24) is 19.9 Å². The predicted molar refractivity (Wildman–Crippen MR) is 90.4 cm³/mol. The summed E-state index contributed by atoms with van der Waals surface area (Å²) in [5, 5.41) is 5.53. The summed E-state index contributed by atoms with van der Waals surface area (Å²) in [6, 6.07) is -0.685. The van der Waals surface area contributed by atoms with Gasteiger partial charge >= 0.3 is 0 Å². The zero-order chi connectivity index (χ0) is 17.5. The quantitative estimate of drug-likeness (QED) is 0.705. The Bertz CT molecular complexity index is 718. The zero-order valence-electron chi connectivity index (χ0n) is 13.9. The lowest BCUT2D eigenvalue weighted by atomic mass is 9.72. The molecule has 0 radical (unpaired) electrons. The van der Waals surface area contributed by atoms with Gasteiger partial charge in [0.15, 0.2) is 0 Å². The van der Waals surface area contributed by atoms with Gasteiger partial charge in [-0.25, -0.2) is 18.1 Å². The van der Waals surface area contributed by atoms with E-state index >= 15 is 0 Å². The van der Waals surface area contributed by atoms with Crippen LogP contribution in [0.4, 0.5) is 0 Å². The summed E-state index contributed by atoms with van der Waals surface area (Å²) in [6.45, 7) is 1.27. The molecule has 1 aromatic rings. The van der Waals surface area contributed by atoms with Crippen LogP contribution in [-0.2, 0) is 21.3 Å². The third-order valence-corrected chi connectivity index (χ3v) is 5.80. The number of nitrogens with one attached hydrogen (secondary N) is 2. The SMILES string of the molecule is CN(C)Cc1nc(C(=O)N[C@H]2[C@H]3CCO[C@H]3[C@@H]2NS(C)(=O)=O)cs1. The van der Waals surface area contributed by atoms with E-state index in [1.807, 2.05) is 19.0 Å². The lowest BCUT2D eigenvalue weighted by Crippen LogP contribution is -2.70. The molecule has 8 nitrogen and oxygen atoms in total. The van der Waals surface area contributed by atoms with Crippen LogP contribution in [0, 0.1) is 5.92 Å². The highest BCUT2D eigenvalue weighted by atomic mass is 32.2. The lowest BCUT2D eigenvalue weighted by Gasteiger charge is -2.47. The highest BCUT2D eigenvalue weighted by Gasteiger charge is 2.55. The van der Waals surface area contributed by atoms with Crippen LogP contribution in [0.1, 0.15) is 21.9 Å². The Hall–Kier alpha value is -1.07. The maximum atomic E-state index is 12.4. The summed E-state index contributed by atoms with van der Waals surface area (Å²) in [6.07, 6.45) is 1.77. The number of amides is 1. The van der Waals surface area contributed by atoms with Crippen molar-refractivity contribution in [1.29, 1.82) is 0 Å². The van der Waals surface area contributed by atoms with Crippen molar-refractivity contribution in [3.05, 3.63) is 16.1 Å². The number of thiazole rings is 1. The molecule has 1 saturated carbocycles. The fraction of sp³-hybridized carbons (Fsp3) is 0.714. The van der Waals surface area contributed by atoms with Crippen LogP contribution in [0.25, 0.3) is 0 Å². The first-order chi connectivity index (χ1) is 11.2. The Morgan fingerprint density at radius 1 is 1.46 bits per heavy atom. The normalized spacial score (nSPS) is 29.3. The summed E-state index contributed by atoms with van der Waals surface area (Å²) in [5.41, 5.74) is 0.373. The van der Waals surface area contributed by atoms with E-state index in [9.17, 15) is 13.2 Å². The van der Waals surface area contributed by atoms with E-state index in [4.69, 9.17) is 4.74 Å². The topological polar surface area (TPSA) is 101 Å². The zero-order valence-corrected chi connectivity index (χ0v) is 15.5. The molecule has 1 amide bonds. The molecule has 134 valence electrons. The Kier molecular flexibility index (Phi) is 4.94. The van der Waals surface area contributed by atoms with Gasteiger partial charge in [0.25, 0.3) is 5.91 Å². The number of nitrogens with zero attached hydrogens (tertiary/aromatic N) is 2. The molecule has 0 bridgehead atoms. The Labute approximate surface area is 145 Å². The maximum absolute atomic E-state index is 12.4. The van der Waals surface area contributed by atoms with Gasteiger partial charge in [0.05, 0.1) is 24.4 Å². The first kappa shape index (κ1) is 17.7. The highest BCUT2D eigenvalue weighted by molar-refractivity contribution is 7.88. The number of hydrogen-bond acceptors (Lipinski definition) is 7. The Morgan fingerprint density at radius 2 is 2.21 bits per heavy atom. The number of ether oxygens (including phenoxy) is 1. The summed E-state index contributed by atoms with van der Waals surface area (Å²) in [4.78, 5) is 18.8. The van der Waals surface area contributed by atoms with Crippen LogP contribution >= 0.6 is 11.3 Å². The molecule has 24 heavy (non-hydrogen) atoms. The van der Waals surface area contributed by atoms with Gasteiger partial charge in [-0.3, -0.25) is 4.79 Å². The third kappa shape index (κ3) is 3.77. The van der Waals surface area contributed by atoms with Crippen LogP contribution in [0.15, 0.2) is 5.38 Å². The molecular formula is C14H22N4O4S2. The van der Waals surface area contributed by atoms with Crippen molar-refractivity contribution in [3.8, 4) is 0 Å². The molecule has 1 aromatic heterocycles. The lowest BCUT2D eigenvalue weighted by molar-refractivity contribution is -0.0194. The minimum Gasteiger partial charge on any atom is -0.376 e. The molecule has 0 unspecified atom stereocenters. The van der Waals surface area contributed by atoms with E-state index in [0.29, 0.717) is 18.8 Å². The predicted octanol–water partition coefficient (Wildman–Crippen LogP) is -0.360. The molecule has 4 atom stereocenters. The molecule has 2 fully saturated rings. The minimum absolute atomic E-state index is 0.146. The summed E-state index contributed by atoms with van der Waals surface area (Å²) < 4.78 is 31.2. The van der Waals surface area contributed by atoms with Gasteiger partial charge in [0.1, 0.15) is 10.7 Å². The number of hydrogen-bond donors (Lipinski definition) is 2. The minimum atomic E-state index is -3.37. The second-order valence-corrected chi connectivity index (χ2v) is 9.29. The number of carbonyl (C=O) groups excluding carboxylic acids is 1. The van der Waals surface area contributed by atoms with Gasteiger partial charge in [0, 0.05) is 24.4 Å². The van der Waals surface area contributed by atoms with Crippen molar-refractivity contribution >= 4 is 27.3 Å². The molecule has 0 aromatic carbocycles. The number of carbonyl (C=O) groups is 1. The second-order valence-electron chi connectivity index (χ2n) is 6.57. The van der Waals surface area contributed by atoms with Crippen molar-refractivity contribution in [2.45, 2.75) is 31.2 Å². The fourth-order valence-corrected chi connectivity index (χ4v) is 4.94. The van der Waals surface area contributed by atoms with E-state index in [-0.39, 0.29) is 24.0 Å². The van der Waals surface area contributed by atoms with Crippen molar-refractivity contribution in [2.75, 3.05) is 27.0 Å². The number of fused-ring (bicyclic) bond motifs is 1. The molecule has 2 heterocycles. The second kappa shape index (κ2) is 6.68. The monoisotopic (exact) mass is 374 g/mol. The van der Waals surface area contributed by atoms with Gasteiger partial charge in [0.2, 0.25) is 10.0 Å². The van der Waals surface area contributed by atoms with Gasteiger partial charge < -0.3 is 15.0 Å². The van der Waals surface area contributed by atoms with Crippen LogP contribution in [0.2, 0.25) is 0 Å². The smallest absolute Gasteiger partial charge is 0.271 e. The van der Waals surface area contributed by atoms with Gasteiger partial charge in [-0.1, -0.05) is 0 Å². The summed E-state index contributed by atoms with van der Waals surface area (Å²) in [7, 11) is 0.517. The van der Waals surface area contributed by atoms with Gasteiger partial charge in [-0.15, -0.1) is 11.3 Å². The molecule has 3 rings (SSSR count). The number of rotatable bonds is 6. The van der Waals surface area contributed by atoms with Gasteiger partial charge in [-0.05, 0) is 20.5 Å². The molecule has 2 N–H and O–H groups in total. The van der Waals surface area contributed by atoms with Crippen LogP contribution in [0.5, 0.6) is 0 Å². The molecular weight excluding hydrogens is 352 g/mol. The molecule has 1 saturated heterocycles. The van der Waals surface area contributed by atoms with E-state index < -0.39 is 16.1 Å². The van der Waals surface area contributed by atoms with Crippen LogP contribution in [-0.4, -0.2) is 69.4 Å². The molecule has 2 aliphatic rings. The fourth-order valence-electron chi connectivity index (χ4n) is 3.28. The summed E-state index contributed by atoms with van der Waals surface area (Å²) >= 11 is 1.44. The first-order valence-electron chi connectivity index (χ1n) is 7.73. The van der Waals surface area contributed by atoms with E-state index in [2.05, 4.69) is 15.0 Å². The van der Waals surface area contributed by atoms with E-state index in [0.717, 1.165) is 17.7 Å². The van der Waals surface area contributed by atoms with Crippen LogP contribution < -0.4 is 10.0 Å². The molecule has 0 spiro atoms. The Morgan fingerprint density at radius 3 is 2.88 bits per heavy atom. The Balaban J connectivity index is 1.67. The van der Waals surface area contributed by atoms with Crippen molar-refractivity contribution in [2.24, 2.45) is 5.92 Å². The first-order valence-corrected chi connectivity index (χ1v) is 10.5. The highest BCUT2D eigenvalue weighted by Crippen LogP contribution is 2.39. The maximum Gasteiger partial charge on any atom is 0.271 e. The molecule has 1 aliphatic carbocycles. The number of sulfonamides is 1. The largest absolute Gasteiger partial charge is 0.376 e. The summed E-state index contributed by atoms with van der Waals surface area (Å²) in [5.74, 6) is -0.125. The standard InChI is InChI=1S/C14H22N4O4S2/c1-18(2)6-10-15-9(7-23-10)14(19)16-11-8-4-5-22-13(8)12(11)17-24(3,20)21/h7-8,11-13,17H,4-6H2,1-3H3,(H,16,19)/t8-,11+,12-,13-/m1/s1. The average molecular weight is 374 g/mol.